The Balaban J connectivity index is 2.06. The molecular weight excluding hydrogens is 260 g/mol. The largest absolute Gasteiger partial charge is 0.329 e. The highest BCUT2D eigenvalue weighted by atomic mass is 32.2. The molecule has 0 aliphatic carbocycles. The Hall–Kier alpha value is -0.710. The molecule has 3 unspecified atom stereocenters. The Morgan fingerprint density at radius 1 is 1.37 bits per heavy atom. The van der Waals surface area contributed by atoms with E-state index >= 15 is 0 Å². The fraction of sp³-hybridized carbons (Fsp3) is 0.857. The maximum atomic E-state index is 12.6. The lowest BCUT2D eigenvalue weighted by atomic mass is 10.0. The summed E-state index contributed by atoms with van der Waals surface area (Å²) in [5, 5.41) is 0. The molecule has 4 nitrogen and oxygen atoms in total. The molecule has 0 spiro atoms. The summed E-state index contributed by atoms with van der Waals surface area (Å²) in [4.78, 5) is 28.5. The molecule has 0 aromatic heterocycles. The molecule has 3 atom stereocenters. The van der Waals surface area contributed by atoms with Crippen molar-refractivity contribution in [2.45, 2.75) is 58.2 Å². The summed E-state index contributed by atoms with van der Waals surface area (Å²) in [5.41, 5.74) is 0. The lowest BCUT2D eigenvalue weighted by Crippen LogP contribution is -2.63. The van der Waals surface area contributed by atoms with Crippen LogP contribution in [0.25, 0.3) is 0 Å². The van der Waals surface area contributed by atoms with Gasteiger partial charge in [0.1, 0.15) is 12.1 Å². The normalized spacial score (nSPS) is 28.8. The molecule has 2 aliphatic rings. The molecule has 0 N–H and O–H groups in total. The van der Waals surface area contributed by atoms with Crippen LogP contribution in [-0.4, -0.2) is 57.8 Å². The molecule has 0 saturated carbocycles. The summed E-state index contributed by atoms with van der Waals surface area (Å²) in [6.07, 6.45) is 2.77. The predicted octanol–water partition coefficient (Wildman–Crippen LogP) is 1.74. The first-order valence-electron chi connectivity index (χ1n) is 7.28. The topological polar surface area (TPSA) is 40.6 Å². The summed E-state index contributed by atoms with van der Waals surface area (Å²) in [5.74, 6) is 2.46. The summed E-state index contributed by atoms with van der Waals surface area (Å²) in [7, 11) is 0. The molecule has 5 heteroatoms. The molecule has 2 saturated heterocycles. The van der Waals surface area contributed by atoms with E-state index in [9.17, 15) is 9.59 Å². The van der Waals surface area contributed by atoms with Crippen LogP contribution < -0.4 is 0 Å². The summed E-state index contributed by atoms with van der Waals surface area (Å²) >= 11 is 1.89. The summed E-state index contributed by atoms with van der Waals surface area (Å²) < 4.78 is 0. The standard InChI is InChI=1S/C14H24N2O2S/c1-4-19-9-7-10(2)16-11(3)13(17)15-8-5-6-12(15)14(16)18/h10-12H,4-9H2,1-3H3. The minimum absolute atomic E-state index is 0.136. The van der Waals surface area contributed by atoms with E-state index in [0.29, 0.717) is 0 Å². The average Bonchev–Trinajstić information content (AvgIpc) is 2.86. The quantitative estimate of drug-likeness (QED) is 0.722. The number of nitrogens with zero attached hydrogens (tertiary/aromatic N) is 2. The van der Waals surface area contributed by atoms with Crippen LogP contribution in [-0.2, 0) is 9.59 Å². The SMILES string of the molecule is CCSCCC(C)N1C(=O)C2CCCN2C(=O)C1C. The highest BCUT2D eigenvalue weighted by molar-refractivity contribution is 7.99. The van der Waals surface area contributed by atoms with Gasteiger partial charge >= 0.3 is 0 Å². The molecule has 2 rings (SSSR count). The van der Waals surface area contributed by atoms with Gasteiger partial charge in [-0.05, 0) is 44.6 Å². The van der Waals surface area contributed by atoms with E-state index in [2.05, 4.69) is 13.8 Å². The van der Waals surface area contributed by atoms with Crippen LogP contribution in [0.2, 0.25) is 0 Å². The van der Waals surface area contributed by atoms with Crippen molar-refractivity contribution in [3.05, 3.63) is 0 Å². The van der Waals surface area contributed by atoms with Gasteiger partial charge in [-0.2, -0.15) is 11.8 Å². The van der Waals surface area contributed by atoms with Gasteiger partial charge in [0.25, 0.3) is 0 Å². The molecule has 0 aromatic carbocycles. The van der Waals surface area contributed by atoms with Crippen LogP contribution in [0.4, 0.5) is 0 Å². The average molecular weight is 284 g/mol. The fourth-order valence-corrected chi connectivity index (χ4v) is 3.94. The molecule has 2 aliphatic heterocycles. The highest BCUT2D eigenvalue weighted by Crippen LogP contribution is 2.29. The maximum Gasteiger partial charge on any atom is 0.246 e. The van der Waals surface area contributed by atoms with Crippen molar-refractivity contribution >= 4 is 23.6 Å². The Bertz CT molecular complexity index is 361. The minimum atomic E-state index is -0.288. The van der Waals surface area contributed by atoms with Crippen molar-refractivity contribution in [3.63, 3.8) is 0 Å². The van der Waals surface area contributed by atoms with E-state index in [4.69, 9.17) is 0 Å². The third-order valence-electron chi connectivity index (χ3n) is 4.21. The first-order chi connectivity index (χ1) is 9.07. The van der Waals surface area contributed by atoms with Crippen LogP contribution in [0.3, 0.4) is 0 Å². The molecule has 0 aromatic rings. The number of hydrogen-bond acceptors (Lipinski definition) is 3. The van der Waals surface area contributed by atoms with Gasteiger partial charge in [0.15, 0.2) is 0 Å². The zero-order valence-corrected chi connectivity index (χ0v) is 12.9. The molecular formula is C14H24N2O2S. The smallest absolute Gasteiger partial charge is 0.246 e. The van der Waals surface area contributed by atoms with Crippen molar-refractivity contribution in [2.75, 3.05) is 18.1 Å². The van der Waals surface area contributed by atoms with Gasteiger partial charge in [-0.1, -0.05) is 6.92 Å². The summed E-state index contributed by atoms with van der Waals surface area (Å²) in [6, 6.07) is -0.304. The number of amides is 2. The monoisotopic (exact) mass is 284 g/mol. The van der Waals surface area contributed by atoms with Crippen molar-refractivity contribution in [3.8, 4) is 0 Å². The number of carbonyl (C=O) groups excluding carboxylic acids is 2. The fourth-order valence-electron chi connectivity index (χ4n) is 3.15. The van der Waals surface area contributed by atoms with E-state index in [1.165, 1.54) is 0 Å². The van der Waals surface area contributed by atoms with Gasteiger partial charge in [0.2, 0.25) is 11.8 Å². The number of fused-ring (bicyclic) bond motifs is 1. The first-order valence-corrected chi connectivity index (χ1v) is 8.43. The first kappa shape index (κ1) is 14.7. The van der Waals surface area contributed by atoms with Crippen LogP contribution in [0.15, 0.2) is 0 Å². The number of thioether (sulfide) groups is 1. The molecule has 2 fully saturated rings. The summed E-state index contributed by atoms with van der Waals surface area (Å²) in [6.45, 7) is 6.85. The van der Waals surface area contributed by atoms with E-state index in [-0.39, 0.29) is 29.9 Å². The van der Waals surface area contributed by atoms with Gasteiger partial charge in [-0.25, -0.2) is 0 Å². The van der Waals surface area contributed by atoms with Gasteiger partial charge in [-0.15, -0.1) is 0 Å². The van der Waals surface area contributed by atoms with E-state index < -0.39 is 0 Å². The second-order valence-corrected chi connectivity index (χ2v) is 6.84. The number of carbonyl (C=O) groups is 2. The third kappa shape index (κ3) is 2.76. The number of rotatable bonds is 5. The van der Waals surface area contributed by atoms with Gasteiger partial charge in [0.05, 0.1) is 0 Å². The van der Waals surface area contributed by atoms with Crippen molar-refractivity contribution in [1.29, 1.82) is 0 Å². The van der Waals surface area contributed by atoms with Crippen LogP contribution >= 0.6 is 11.8 Å². The van der Waals surface area contributed by atoms with E-state index in [0.717, 1.165) is 37.3 Å². The van der Waals surface area contributed by atoms with Crippen molar-refractivity contribution < 1.29 is 9.59 Å². The Morgan fingerprint density at radius 2 is 2.11 bits per heavy atom. The van der Waals surface area contributed by atoms with Gasteiger partial charge in [-0.3, -0.25) is 9.59 Å². The second-order valence-electron chi connectivity index (χ2n) is 5.45. The minimum Gasteiger partial charge on any atom is -0.329 e. The van der Waals surface area contributed by atoms with E-state index in [1.54, 1.807) is 4.90 Å². The molecule has 0 bridgehead atoms. The Morgan fingerprint density at radius 3 is 2.79 bits per heavy atom. The Labute approximate surface area is 119 Å². The second kappa shape index (κ2) is 6.16. The van der Waals surface area contributed by atoms with Crippen molar-refractivity contribution in [1.82, 2.24) is 9.80 Å². The highest BCUT2D eigenvalue weighted by Gasteiger charge is 2.47. The molecule has 2 amide bonds. The van der Waals surface area contributed by atoms with Gasteiger partial charge in [0, 0.05) is 12.6 Å². The lowest BCUT2D eigenvalue weighted by Gasteiger charge is -2.43. The molecule has 19 heavy (non-hydrogen) atoms. The van der Waals surface area contributed by atoms with Gasteiger partial charge < -0.3 is 9.80 Å². The van der Waals surface area contributed by atoms with E-state index in [1.807, 2.05) is 23.6 Å². The number of hydrogen-bond donors (Lipinski definition) is 0. The Kier molecular flexibility index (Phi) is 4.76. The zero-order valence-electron chi connectivity index (χ0n) is 12.1. The predicted molar refractivity (Wildman–Crippen MR) is 78.1 cm³/mol. The molecule has 108 valence electrons. The maximum absolute atomic E-state index is 12.6. The third-order valence-corrected chi connectivity index (χ3v) is 5.14. The molecule has 0 radical (unpaired) electrons. The van der Waals surface area contributed by atoms with Crippen LogP contribution in [0.5, 0.6) is 0 Å². The molecule has 2 heterocycles. The lowest BCUT2D eigenvalue weighted by molar-refractivity contribution is -0.160. The van der Waals surface area contributed by atoms with Crippen molar-refractivity contribution in [2.24, 2.45) is 0 Å². The number of piperazine rings is 1. The van der Waals surface area contributed by atoms with Crippen LogP contribution in [0.1, 0.15) is 40.0 Å². The zero-order chi connectivity index (χ0) is 14.0. The van der Waals surface area contributed by atoms with Crippen LogP contribution in [0, 0.1) is 0 Å².